The Morgan fingerprint density at radius 3 is 2.68 bits per heavy atom. The van der Waals surface area contributed by atoms with E-state index in [0.717, 1.165) is 31.0 Å². The van der Waals surface area contributed by atoms with Crippen LogP contribution >= 0.6 is 12.4 Å². The molecule has 0 amide bonds. The number of likely N-dealkylation sites (tertiary alicyclic amines) is 1. The Balaban J connectivity index is 0.00000225. The van der Waals surface area contributed by atoms with Crippen molar-refractivity contribution in [1.29, 1.82) is 0 Å². The molecule has 0 saturated carbocycles. The molecular weight excluding hydrogens is 340 g/mol. The van der Waals surface area contributed by atoms with E-state index in [1.54, 1.807) is 4.68 Å². The molecule has 7 heteroatoms. The smallest absolute Gasteiger partial charge is 0.327 e. The van der Waals surface area contributed by atoms with Crippen LogP contribution in [0.5, 0.6) is 0 Å². The summed E-state index contributed by atoms with van der Waals surface area (Å²) in [6, 6.07) is 0. The number of aryl methyl sites for hydroxylation is 1. The molecule has 142 valence electrons. The number of ether oxygens (including phenoxy) is 1. The summed E-state index contributed by atoms with van der Waals surface area (Å²) >= 11 is 0. The lowest BCUT2D eigenvalue weighted by atomic mass is 9.78. The lowest BCUT2D eigenvalue weighted by Gasteiger charge is -2.34. The van der Waals surface area contributed by atoms with Crippen molar-refractivity contribution in [2.75, 3.05) is 32.8 Å². The number of rotatable bonds is 5. The molecule has 0 aliphatic carbocycles. The van der Waals surface area contributed by atoms with Gasteiger partial charge in [0.15, 0.2) is 0 Å². The second-order valence-electron chi connectivity index (χ2n) is 7.32. The third-order valence-corrected chi connectivity index (χ3v) is 5.68. The molecule has 1 N–H and O–H groups in total. The Kier molecular flexibility index (Phi) is 6.88. The van der Waals surface area contributed by atoms with Crippen molar-refractivity contribution in [2.45, 2.75) is 53.1 Å². The van der Waals surface area contributed by atoms with Gasteiger partial charge in [-0.05, 0) is 65.1 Å². The highest BCUT2D eigenvalue weighted by Gasteiger charge is 2.39. The number of aromatic nitrogens is 2. The van der Waals surface area contributed by atoms with Crippen LogP contribution in [-0.4, -0.2) is 53.4 Å². The van der Waals surface area contributed by atoms with E-state index < -0.39 is 0 Å². The van der Waals surface area contributed by atoms with Crippen molar-refractivity contribution in [1.82, 2.24) is 20.0 Å². The van der Waals surface area contributed by atoms with Crippen molar-refractivity contribution in [3.8, 4) is 0 Å². The molecule has 2 aliphatic rings. The molecule has 3 rings (SSSR count). The molecule has 0 bridgehead atoms. The van der Waals surface area contributed by atoms with E-state index in [-0.39, 0.29) is 24.9 Å². The first-order valence-electron chi connectivity index (χ1n) is 9.14. The summed E-state index contributed by atoms with van der Waals surface area (Å²) in [5.41, 5.74) is 3.91. The first-order chi connectivity index (χ1) is 11.5. The minimum atomic E-state index is -0.218. The number of nitrogens with one attached hydrogen (secondary N) is 1. The largest absolute Gasteiger partial charge is 0.465 e. The second kappa shape index (κ2) is 8.52. The van der Waals surface area contributed by atoms with Gasteiger partial charge in [-0.15, -0.1) is 12.4 Å². The predicted molar refractivity (Wildman–Crippen MR) is 100 cm³/mol. The number of hydrogen-bond donors (Lipinski definition) is 1. The quantitative estimate of drug-likeness (QED) is 0.804. The van der Waals surface area contributed by atoms with Crippen LogP contribution < -0.4 is 5.32 Å². The molecule has 2 saturated heterocycles. The van der Waals surface area contributed by atoms with Gasteiger partial charge in [-0.2, -0.15) is 5.10 Å². The molecule has 0 radical (unpaired) electrons. The first-order valence-corrected chi connectivity index (χ1v) is 9.14. The average molecular weight is 371 g/mol. The number of halogens is 1. The van der Waals surface area contributed by atoms with E-state index in [2.05, 4.69) is 22.2 Å². The van der Waals surface area contributed by atoms with E-state index >= 15 is 0 Å². The summed E-state index contributed by atoms with van der Waals surface area (Å²) in [7, 11) is 0. The van der Waals surface area contributed by atoms with Gasteiger partial charge >= 0.3 is 5.97 Å². The number of piperidine rings is 1. The Morgan fingerprint density at radius 1 is 1.28 bits per heavy atom. The zero-order valence-electron chi connectivity index (χ0n) is 15.6. The first kappa shape index (κ1) is 20.2. The van der Waals surface area contributed by atoms with Gasteiger partial charge in [-0.25, -0.2) is 0 Å². The normalized spacial score (nSPS) is 19.8. The molecule has 0 atom stereocenters. The van der Waals surface area contributed by atoms with E-state index in [4.69, 9.17) is 4.74 Å². The molecule has 25 heavy (non-hydrogen) atoms. The maximum absolute atomic E-state index is 11.7. The summed E-state index contributed by atoms with van der Waals surface area (Å²) in [5, 5.41) is 8.03. The molecule has 2 aliphatic heterocycles. The van der Waals surface area contributed by atoms with Gasteiger partial charge < -0.3 is 10.1 Å². The van der Waals surface area contributed by atoms with Gasteiger partial charge in [-0.1, -0.05) is 0 Å². The molecular formula is C18H31ClN4O2. The standard InChI is InChI=1S/C18H30N4O2.ClH/c1-4-24-17(23)12-22-15(3)16(14(2)20-22)11-21-10-7-18(13-21)5-8-19-9-6-18;/h19H,4-13H2,1-3H3;1H. The lowest BCUT2D eigenvalue weighted by molar-refractivity contribution is -0.144. The van der Waals surface area contributed by atoms with Crippen molar-refractivity contribution in [2.24, 2.45) is 5.41 Å². The zero-order chi connectivity index (χ0) is 17.2. The molecule has 1 aromatic rings. The molecule has 3 heterocycles. The fourth-order valence-corrected chi connectivity index (χ4v) is 4.20. The number of carbonyl (C=O) groups is 1. The Labute approximate surface area is 156 Å². The van der Waals surface area contributed by atoms with Gasteiger partial charge in [0.05, 0.1) is 12.3 Å². The zero-order valence-corrected chi connectivity index (χ0v) is 16.5. The summed E-state index contributed by atoms with van der Waals surface area (Å²) in [6.07, 6.45) is 3.90. The van der Waals surface area contributed by atoms with E-state index in [1.807, 2.05) is 13.8 Å². The van der Waals surface area contributed by atoms with Crippen LogP contribution in [-0.2, 0) is 22.6 Å². The van der Waals surface area contributed by atoms with Crippen LogP contribution in [0.4, 0.5) is 0 Å². The molecule has 1 spiro atoms. The number of nitrogens with zero attached hydrogens (tertiary/aromatic N) is 3. The summed E-state index contributed by atoms with van der Waals surface area (Å²) < 4.78 is 6.83. The van der Waals surface area contributed by atoms with Crippen LogP contribution in [0.3, 0.4) is 0 Å². The highest BCUT2D eigenvalue weighted by molar-refractivity contribution is 5.85. The third-order valence-electron chi connectivity index (χ3n) is 5.68. The Bertz CT molecular complexity index is 596. The fraction of sp³-hybridized carbons (Fsp3) is 0.778. The minimum absolute atomic E-state index is 0. The maximum Gasteiger partial charge on any atom is 0.327 e. The summed E-state index contributed by atoms with van der Waals surface area (Å²) in [5.74, 6) is -0.218. The molecule has 1 aromatic heterocycles. The topological polar surface area (TPSA) is 59.4 Å². The van der Waals surface area contributed by atoms with Crippen LogP contribution in [0.1, 0.15) is 43.1 Å². The van der Waals surface area contributed by atoms with E-state index in [9.17, 15) is 4.79 Å². The number of hydrogen-bond acceptors (Lipinski definition) is 5. The summed E-state index contributed by atoms with van der Waals surface area (Å²) in [6.45, 7) is 12.2. The van der Waals surface area contributed by atoms with Crippen LogP contribution in [0.2, 0.25) is 0 Å². The van der Waals surface area contributed by atoms with Gasteiger partial charge in [0.1, 0.15) is 6.54 Å². The average Bonchev–Trinajstić information content (AvgIpc) is 3.05. The van der Waals surface area contributed by atoms with Gasteiger partial charge in [0, 0.05) is 24.3 Å². The second-order valence-corrected chi connectivity index (χ2v) is 7.32. The Morgan fingerprint density at radius 2 is 2.00 bits per heavy atom. The third kappa shape index (κ3) is 4.54. The lowest BCUT2D eigenvalue weighted by Crippen LogP contribution is -2.38. The monoisotopic (exact) mass is 370 g/mol. The Hall–Kier alpha value is -1.11. The van der Waals surface area contributed by atoms with Crippen molar-refractivity contribution < 1.29 is 9.53 Å². The SMILES string of the molecule is CCOC(=O)Cn1nc(C)c(CN2CCC3(CCNCC3)C2)c1C.Cl. The van der Waals surface area contributed by atoms with Crippen molar-refractivity contribution >= 4 is 18.4 Å². The van der Waals surface area contributed by atoms with Crippen molar-refractivity contribution in [3.63, 3.8) is 0 Å². The molecule has 2 fully saturated rings. The summed E-state index contributed by atoms with van der Waals surface area (Å²) in [4.78, 5) is 14.3. The van der Waals surface area contributed by atoms with E-state index in [0.29, 0.717) is 12.0 Å². The molecule has 0 aromatic carbocycles. The number of esters is 1. The molecule has 6 nitrogen and oxygen atoms in total. The predicted octanol–water partition coefficient (Wildman–Crippen LogP) is 2.06. The van der Waals surface area contributed by atoms with Crippen LogP contribution in [0, 0.1) is 19.3 Å². The van der Waals surface area contributed by atoms with E-state index in [1.165, 1.54) is 37.9 Å². The highest BCUT2D eigenvalue weighted by Crippen LogP contribution is 2.39. The van der Waals surface area contributed by atoms with Gasteiger partial charge in [0.2, 0.25) is 0 Å². The van der Waals surface area contributed by atoms with Crippen LogP contribution in [0.15, 0.2) is 0 Å². The fourth-order valence-electron chi connectivity index (χ4n) is 4.20. The highest BCUT2D eigenvalue weighted by atomic mass is 35.5. The van der Waals surface area contributed by atoms with Gasteiger partial charge in [-0.3, -0.25) is 14.4 Å². The van der Waals surface area contributed by atoms with Crippen molar-refractivity contribution in [3.05, 3.63) is 17.0 Å². The molecule has 0 unspecified atom stereocenters. The maximum atomic E-state index is 11.7. The minimum Gasteiger partial charge on any atom is -0.465 e. The number of carbonyl (C=O) groups excluding carboxylic acids is 1. The van der Waals surface area contributed by atoms with Crippen LogP contribution in [0.25, 0.3) is 0 Å². The van der Waals surface area contributed by atoms with Gasteiger partial charge in [0.25, 0.3) is 0 Å².